The highest BCUT2D eigenvalue weighted by molar-refractivity contribution is 6.00. The van der Waals surface area contributed by atoms with Crippen LogP contribution in [0.5, 0.6) is 5.75 Å². The van der Waals surface area contributed by atoms with E-state index in [0.29, 0.717) is 50.6 Å². The minimum absolute atomic E-state index is 0.00905. The van der Waals surface area contributed by atoms with Crippen LogP contribution in [-0.2, 0) is 83.2 Å². The fourth-order valence-corrected chi connectivity index (χ4v) is 11.5. The van der Waals surface area contributed by atoms with Gasteiger partial charge in [-0.05, 0) is 85.4 Å². The number of amides is 11. The van der Waals surface area contributed by atoms with Gasteiger partial charge in [-0.15, -0.1) is 0 Å². The van der Waals surface area contributed by atoms with Gasteiger partial charge in [0.05, 0.1) is 19.5 Å². The molecule has 0 saturated carbocycles. The number of aromatic nitrogens is 4. The lowest BCUT2D eigenvalue weighted by Crippen LogP contribution is -2.61. The third kappa shape index (κ3) is 22.7. The van der Waals surface area contributed by atoms with E-state index in [9.17, 15) is 66.5 Å². The summed E-state index contributed by atoms with van der Waals surface area (Å²) in [5, 5.41) is 53.6. The normalized spacial score (nSPS) is 16.3. The Labute approximate surface area is 580 Å². The number of hydrogen-bond acceptors (Lipinski definition) is 16. The number of phenols is 1. The largest absolute Gasteiger partial charge is 0.508 e. The number of benzene rings is 3. The van der Waals surface area contributed by atoms with E-state index in [1.165, 1.54) is 41.7 Å². The summed E-state index contributed by atoms with van der Waals surface area (Å²) in [5.74, 6) is -11.8. The van der Waals surface area contributed by atoms with Crippen LogP contribution in [0.4, 0.5) is 13.2 Å². The average Bonchev–Trinajstić information content (AvgIpc) is 1.43. The smallest absolute Gasteiger partial charge is 0.490 e. The fourth-order valence-electron chi connectivity index (χ4n) is 11.5. The number of carboxylic acids is 1. The van der Waals surface area contributed by atoms with Crippen molar-refractivity contribution < 1.29 is 86.0 Å². The molecular formula is C66H83F3N18O15. The summed E-state index contributed by atoms with van der Waals surface area (Å²) in [5.41, 5.74) is 19.8. The molecule has 102 heavy (non-hydrogen) atoms. The number of rotatable bonds is 33. The Balaban J connectivity index is 0.00000198. The third-order valence-electron chi connectivity index (χ3n) is 16.6. The number of alkyl halides is 3. The number of aliphatic carboxylic acids is 1. The van der Waals surface area contributed by atoms with E-state index in [0.717, 1.165) is 0 Å². The van der Waals surface area contributed by atoms with Crippen LogP contribution < -0.4 is 65.1 Å². The molecule has 0 unspecified atom stereocenters. The lowest BCUT2D eigenvalue weighted by molar-refractivity contribution is -0.192. The van der Waals surface area contributed by atoms with Crippen LogP contribution in [-0.4, -0.2) is 204 Å². The zero-order chi connectivity index (χ0) is 74.4. The van der Waals surface area contributed by atoms with Crippen LogP contribution in [0.2, 0.25) is 0 Å². The molecule has 2 saturated heterocycles. The second-order valence-electron chi connectivity index (χ2n) is 24.8. The van der Waals surface area contributed by atoms with Crippen molar-refractivity contribution in [2.24, 2.45) is 28.1 Å². The van der Waals surface area contributed by atoms with Crippen molar-refractivity contribution in [3.05, 3.63) is 120 Å². The number of carboxylic acid groups (broad SMARTS) is 1. The number of nitrogens with two attached hydrogens (primary N) is 3. The molecule has 5 heterocycles. The Morgan fingerprint density at radius 3 is 1.67 bits per heavy atom. The van der Waals surface area contributed by atoms with Gasteiger partial charge < -0.3 is 100 Å². The lowest BCUT2D eigenvalue weighted by atomic mass is 9.99. The fraction of sp³-hybridized carbons (Fsp3) is 0.424. The number of nitrogens with one attached hydrogen (secondary N) is 12. The van der Waals surface area contributed by atoms with Gasteiger partial charge in [0.2, 0.25) is 65.0 Å². The maximum Gasteiger partial charge on any atom is 0.490 e. The van der Waals surface area contributed by atoms with E-state index < -0.39 is 139 Å². The zero-order valence-electron chi connectivity index (χ0n) is 55.6. The molecule has 21 N–H and O–H groups in total. The highest BCUT2D eigenvalue weighted by atomic mass is 19.4. The number of primary amides is 1. The van der Waals surface area contributed by atoms with Gasteiger partial charge in [0.15, 0.2) is 5.96 Å². The Morgan fingerprint density at radius 1 is 0.657 bits per heavy atom. The van der Waals surface area contributed by atoms with E-state index in [1.807, 2.05) is 0 Å². The molecule has 3 aromatic carbocycles. The molecule has 3 aromatic heterocycles. The molecule has 9 atom stereocenters. The topological polar surface area (TPSA) is 528 Å². The number of carbonyl (C=O) groups is 12. The molecule has 0 aliphatic carbocycles. The van der Waals surface area contributed by atoms with Gasteiger partial charge in [0.25, 0.3) is 0 Å². The van der Waals surface area contributed by atoms with Crippen LogP contribution in [0.15, 0.2) is 103 Å². The first-order chi connectivity index (χ1) is 48.5. The van der Waals surface area contributed by atoms with Gasteiger partial charge in [-0.3, -0.25) is 57.7 Å². The van der Waals surface area contributed by atoms with Crippen molar-refractivity contribution in [1.29, 1.82) is 0 Å². The van der Waals surface area contributed by atoms with Gasteiger partial charge in [-0.1, -0.05) is 62.4 Å². The standard InChI is InChI=1S/C64H82N18O13.C2HF3O2/c1-34(2)23-46(56(88)75-45(13-7-21-69-64(66)67)63(95)82-22-8-14-52(82)62(94)72-31-53(65)85)76-58(90)48(25-36-28-70-42-11-5-3-9-40(36)42)78-57(89)47(24-35-15-17-39(84)18-16-35)77-61(93)51(32-83)81-59(91)49(26-37-29-71-43-12-6-4-10-41(37)43)79-60(92)50(27-38-30-68-33-73-38)80-55(87)44-19-20-54(86)74-44;3-2(4,5)1(6)7/h3-6,9-12,15-18,28-30,33-34,44-52,70-71,83-84H,7-8,13-14,19-27,31-32H2,1-2H3,(H2,65,85)(H,68,73)(H,72,94)(H,74,86)(H,75,88)(H,76,90)(H,77,93)(H,78,89)(H,79,92)(H,80,87)(H,81,91)(H4,66,67,69);(H,6,7)/t44-,45-,46-,47-,48+,49-,50-,51+,52-;/m0./s1. The summed E-state index contributed by atoms with van der Waals surface area (Å²) in [6.45, 7) is 2.33. The van der Waals surface area contributed by atoms with Crippen molar-refractivity contribution in [2.75, 3.05) is 26.2 Å². The van der Waals surface area contributed by atoms with Crippen LogP contribution in [0, 0.1) is 5.92 Å². The first-order valence-electron chi connectivity index (χ1n) is 32.6. The first-order valence-corrected chi connectivity index (χ1v) is 32.6. The molecule has 2 aliphatic rings. The van der Waals surface area contributed by atoms with E-state index in [-0.39, 0.29) is 101 Å². The number of imidazole rings is 1. The number of para-hydroxylation sites is 2. The summed E-state index contributed by atoms with van der Waals surface area (Å²) in [4.78, 5) is 181. The number of halogens is 3. The van der Waals surface area contributed by atoms with Crippen LogP contribution in [0.1, 0.15) is 81.2 Å². The summed E-state index contributed by atoms with van der Waals surface area (Å²) in [7, 11) is 0. The first kappa shape index (κ1) is 77.8. The molecule has 6 aromatic rings. The molecule has 0 radical (unpaired) electrons. The van der Waals surface area contributed by atoms with Crippen LogP contribution in [0.25, 0.3) is 21.8 Å². The molecule has 33 nitrogen and oxygen atoms in total. The van der Waals surface area contributed by atoms with Gasteiger partial charge in [0.1, 0.15) is 60.1 Å². The number of fused-ring (bicyclic) bond motifs is 2. The number of phenolic OH excluding ortho intramolecular Hbond substituents is 1. The number of nitrogens with zero attached hydrogens (tertiary/aromatic N) is 3. The number of aromatic hydroxyl groups is 1. The third-order valence-corrected chi connectivity index (χ3v) is 16.6. The highest BCUT2D eigenvalue weighted by Gasteiger charge is 2.41. The van der Waals surface area contributed by atoms with E-state index >= 15 is 9.59 Å². The number of aromatic amines is 3. The number of aliphatic imine (C=N–C) groups is 1. The number of guanidine groups is 1. The lowest BCUT2D eigenvalue weighted by Gasteiger charge is -2.30. The summed E-state index contributed by atoms with van der Waals surface area (Å²) >= 11 is 0. The highest BCUT2D eigenvalue weighted by Crippen LogP contribution is 2.24. The van der Waals surface area contributed by atoms with Gasteiger partial charge >= 0.3 is 12.1 Å². The molecule has 2 aliphatic heterocycles. The number of carbonyl (C=O) groups excluding carboxylic acids is 11. The molecule has 0 spiro atoms. The summed E-state index contributed by atoms with van der Waals surface area (Å²) in [6.07, 6.45) is 1.43. The van der Waals surface area contributed by atoms with Crippen molar-refractivity contribution in [3.8, 4) is 5.75 Å². The van der Waals surface area contributed by atoms with E-state index in [4.69, 9.17) is 27.1 Å². The predicted octanol–water partition coefficient (Wildman–Crippen LogP) is -1.66. The SMILES string of the molecule is CC(C)C[C@H](NC(=O)[C@@H](Cc1c[nH]c2ccccc12)NC(=O)[C@H](Cc1ccc(O)cc1)NC(=O)[C@@H](CO)NC(=O)[C@H](Cc1c[nH]c2ccccc12)NC(=O)[C@H](Cc1cnc[nH]1)NC(=O)[C@@H]1CCC(=O)N1)C(=O)N[C@@H](CCCN=C(N)N)C(=O)N1CCC[C@H]1C(=O)NCC(N)=O.O=C(O)C(F)(F)F. The molecule has 11 amide bonds. The molecule has 0 bridgehead atoms. The minimum Gasteiger partial charge on any atom is -0.508 e. The molecule has 2 fully saturated rings. The van der Waals surface area contributed by atoms with Gasteiger partial charge in [0, 0.05) is 91.3 Å². The quantitative estimate of drug-likeness (QED) is 0.0125. The molecular weight excluding hydrogens is 1340 g/mol. The molecule has 36 heteroatoms. The number of hydrogen-bond donors (Lipinski definition) is 18. The summed E-state index contributed by atoms with van der Waals surface area (Å²) in [6, 6.07) is 7.78. The Kier molecular flexibility index (Phi) is 27.8. The number of aliphatic hydroxyl groups is 1. The van der Waals surface area contributed by atoms with Gasteiger partial charge in [-0.2, -0.15) is 13.2 Å². The van der Waals surface area contributed by atoms with E-state index in [2.05, 4.69) is 72.8 Å². The number of aliphatic hydroxyl groups excluding tert-OH is 1. The monoisotopic (exact) mass is 1420 g/mol. The maximum absolute atomic E-state index is 15.1. The predicted molar refractivity (Wildman–Crippen MR) is 360 cm³/mol. The second kappa shape index (κ2) is 36.5. The Bertz CT molecular complexity index is 3990. The Morgan fingerprint density at radius 2 is 1.17 bits per heavy atom. The molecule has 8 rings (SSSR count). The van der Waals surface area contributed by atoms with Crippen molar-refractivity contribution in [3.63, 3.8) is 0 Å². The van der Waals surface area contributed by atoms with Gasteiger partial charge in [-0.25, -0.2) is 9.78 Å². The Hall–Kier alpha value is -11.6. The number of H-pyrrole nitrogens is 3. The summed E-state index contributed by atoms with van der Waals surface area (Å²) < 4.78 is 31.7. The van der Waals surface area contributed by atoms with Crippen molar-refractivity contribution >= 4 is 98.7 Å². The van der Waals surface area contributed by atoms with E-state index in [1.54, 1.807) is 74.8 Å². The zero-order valence-corrected chi connectivity index (χ0v) is 55.6. The molecule has 548 valence electrons. The maximum atomic E-state index is 15.1. The average molecular weight is 1430 g/mol. The van der Waals surface area contributed by atoms with Crippen LogP contribution >= 0.6 is 0 Å². The van der Waals surface area contributed by atoms with Crippen molar-refractivity contribution in [1.82, 2.24) is 72.7 Å². The number of likely N-dealkylation sites (tertiary alicyclic amines) is 1. The van der Waals surface area contributed by atoms with Crippen molar-refractivity contribution in [2.45, 2.75) is 145 Å². The second-order valence-corrected chi connectivity index (χ2v) is 24.8. The minimum atomic E-state index is -5.08. The van der Waals surface area contributed by atoms with Crippen LogP contribution in [0.3, 0.4) is 0 Å².